The van der Waals surface area contributed by atoms with E-state index in [4.69, 9.17) is 4.74 Å². The van der Waals surface area contributed by atoms with Gasteiger partial charge in [-0.25, -0.2) is 4.79 Å². The zero-order chi connectivity index (χ0) is 25.0. The number of hydrogen-bond donors (Lipinski definition) is 3. The van der Waals surface area contributed by atoms with Gasteiger partial charge in [-0.2, -0.15) is 0 Å². The van der Waals surface area contributed by atoms with Crippen LogP contribution >= 0.6 is 0 Å². The molecule has 2 aliphatic rings. The molecule has 0 heterocycles. The molecule has 2 aliphatic carbocycles. The summed E-state index contributed by atoms with van der Waals surface area (Å²) in [5.41, 5.74) is 4.20. The highest BCUT2D eigenvalue weighted by Crippen LogP contribution is 2.44. The van der Waals surface area contributed by atoms with Crippen molar-refractivity contribution in [1.82, 2.24) is 10.6 Å². The lowest BCUT2D eigenvalue weighted by molar-refractivity contribution is -0.143. The highest BCUT2D eigenvalue weighted by molar-refractivity contribution is 5.79. The van der Waals surface area contributed by atoms with Gasteiger partial charge in [-0.1, -0.05) is 68.8 Å². The van der Waals surface area contributed by atoms with E-state index in [1.165, 1.54) is 11.1 Å². The Labute approximate surface area is 206 Å². The van der Waals surface area contributed by atoms with Crippen molar-refractivity contribution in [2.75, 3.05) is 19.7 Å². The number of nitrogens with one attached hydrogen (secondary N) is 2. The van der Waals surface area contributed by atoms with Crippen LogP contribution in [0.3, 0.4) is 0 Å². The number of carbonyl (C=O) groups is 3. The number of hydrogen-bond acceptors (Lipinski definition) is 4. The third kappa shape index (κ3) is 5.84. The summed E-state index contributed by atoms with van der Waals surface area (Å²) in [7, 11) is 0. The summed E-state index contributed by atoms with van der Waals surface area (Å²) >= 11 is 0. The van der Waals surface area contributed by atoms with E-state index in [0.29, 0.717) is 13.0 Å². The van der Waals surface area contributed by atoms with E-state index >= 15 is 0 Å². The molecule has 0 aromatic heterocycles. The monoisotopic (exact) mass is 478 g/mol. The molecular formula is C28H34N2O5. The van der Waals surface area contributed by atoms with E-state index < -0.39 is 17.5 Å². The van der Waals surface area contributed by atoms with Crippen molar-refractivity contribution >= 4 is 18.0 Å². The summed E-state index contributed by atoms with van der Waals surface area (Å²) < 4.78 is 5.58. The van der Waals surface area contributed by atoms with Crippen molar-refractivity contribution in [2.45, 2.75) is 45.4 Å². The summed E-state index contributed by atoms with van der Waals surface area (Å²) in [4.78, 5) is 36.3. The minimum absolute atomic E-state index is 0.00264. The van der Waals surface area contributed by atoms with Gasteiger partial charge in [0.2, 0.25) is 5.91 Å². The molecule has 186 valence electrons. The second-order valence-corrected chi connectivity index (χ2v) is 10.5. The van der Waals surface area contributed by atoms with E-state index in [1.54, 1.807) is 0 Å². The van der Waals surface area contributed by atoms with Crippen molar-refractivity contribution in [3.8, 4) is 11.1 Å². The van der Waals surface area contributed by atoms with Gasteiger partial charge in [0.1, 0.15) is 6.61 Å². The van der Waals surface area contributed by atoms with E-state index in [-0.39, 0.29) is 43.2 Å². The normalized spacial score (nSPS) is 19.0. The minimum Gasteiger partial charge on any atom is -0.481 e. The number of benzene rings is 2. The molecule has 0 unspecified atom stereocenters. The Kier molecular flexibility index (Phi) is 7.43. The number of ether oxygens (including phenoxy) is 1. The molecule has 35 heavy (non-hydrogen) atoms. The van der Waals surface area contributed by atoms with Gasteiger partial charge in [-0.3, -0.25) is 9.59 Å². The lowest BCUT2D eigenvalue weighted by atomic mass is 9.88. The maximum absolute atomic E-state index is 12.5. The lowest BCUT2D eigenvalue weighted by Crippen LogP contribution is -2.40. The molecule has 2 aromatic rings. The van der Waals surface area contributed by atoms with E-state index in [1.807, 2.05) is 38.1 Å². The summed E-state index contributed by atoms with van der Waals surface area (Å²) in [6.07, 6.45) is 2.10. The van der Waals surface area contributed by atoms with Crippen LogP contribution in [0, 0.1) is 17.3 Å². The molecule has 0 radical (unpaired) electrons. The molecule has 7 heteroatoms. The van der Waals surface area contributed by atoms with Gasteiger partial charge in [-0.15, -0.1) is 0 Å². The number of alkyl carbamates (subject to hydrolysis) is 1. The maximum Gasteiger partial charge on any atom is 0.407 e. The molecule has 2 aromatic carbocycles. The fraction of sp³-hybridized carbons (Fsp3) is 0.464. The summed E-state index contributed by atoms with van der Waals surface area (Å²) in [6.45, 7) is 4.73. The topological polar surface area (TPSA) is 105 Å². The standard InChI is InChI=1S/C28H34N2O5/c1-28(2,14-25(31)29-15-18-8-7-13-19(18)26(32)33)17-30-27(34)35-16-24-22-11-5-3-9-20(22)21-10-4-6-12-23(21)24/h3-6,9-12,18-19,24H,7-8,13-17H2,1-2H3,(H,29,31)(H,30,34)(H,32,33)/t18-,19-/m0/s1. The quantitative estimate of drug-likeness (QED) is 0.490. The highest BCUT2D eigenvalue weighted by atomic mass is 16.5. The Bertz CT molecular complexity index is 1050. The van der Waals surface area contributed by atoms with Crippen molar-refractivity contribution in [2.24, 2.45) is 17.3 Å². The molecule has 2 amide bonds. The molecule has 2 atom stereocenters. The summed E-state index contributed by atoms with van der Waals surface area (Å²) in [5.74, 6) is -1.32. The first kappa shape index (κ1) is 24.8. The lowest BCUT2D eigenvalue weighted by Gasteiger charge is -2.25. The van der Waals surface area contributed by atoms with E-state index in [2.05, 4.69) is 34.9 Å². The van der Waals surface area contributed by atoms with Gasteiger partial charge < -0.3 is 20.5 Å². The summed E-state index contributed by atoms with van der Waals surface area (Å²) in [6, 6.07) is 16.4. The first-order valence-corrected chi connectivity index (χ1v) is 12.3. The second-order valence-electron chi connectivity index (χ2n) is 10.5. The number of carbonyl (C=O) groups excluding carboxylic acids is 2. The van der Waals surface area contributed by atoms with Crippen LogP contribution < -0.4 is 10.6 Å². The number of carboxylic acids is 1. The van der Waals surface area contributed by atoms with Crippen LogP contribution in [0.25, 0.3) is 11.1 Å². The molecular weight excluding hydrogens is 444 g/mol. The first-order valence-electron chi connectivity index (χ1n) is 12.3. The van der Waals surface area contributed by atoms with Crippen LogP contribution in [-0.4, -0.2) is 42.8 Å². The van der Waals surface area contributed by atoms with Gasteiger partial charge in [-0.05, 0) is 46.4 Å². The van der Waals surface area contributed by atoms with Gasteiger partial charge in [0, 0.05) is 25.4 Å². The summed E-state index contributed by atoms with van der Waals surface area (Å²) in [5, 5.41) is 15.0. The zero-order valence-electron chi connectivity index (χ0n) is 20.4. The molecule has 4 rings (SSSR count). The van der Waals surface area contributed by atoms with E-state index in [0.717, 1.165) is 24.0 Å². The Hall–Kier alpha value is -3.35. The van der Waals surface area contributed by atoms with Gasteiger partial charge >= 0.3 is 12.1 Å². The van der Waals surface area contributed by atoms with Gasteiger partial charge in [0.25, 0.3) is 0 Å². The van der Waals surface area contributed by atoms with Crippen molar-refractivity contribution in [1.29, 1.82) is 0 Å². The second kappa shape index (κ2) is 10.5. The molecule has 1 saturated carbocycles. The maximum atomic E-state index is 12.5. The predicted octanol–water partition coefficient (Wildman–Crippen LogP) is 4.56. The Morgan fingerprint density at radius 1 is 0.971 bits per heavy atom. The largest absolute Gasteiger partial charge is 0.481 e. The Morgan fingerprint density at radius 2 is 1.60 bits per heavy atom. The smallest absolute Gasteiger partial charge is 0.407 e. The minimum atomic E-state index is -0.783. The third-order valence-corrected chi connectivity index (χ3v) is 7.23. The predicted molar refractivity (Wildman–Crippen MR) is 133 cm³/mol. The van der Waals surface area contributed by atoms with E-state index in [9.17, 15) is 19.5 Å². The molecule has 0 saturated heterocycles. The third-order valence-electron chi connectivity index (χ3n) is 7.23. The van der Waals surface area contributed by atoms with Gasteiger partial charge in [0.05, 0.1) is 5.92 Å². The zero-order valence-corrected chi connectivity index (χ0v) is 20.4. The van der Waals surface area contributed by atoms with Crippen LogP contribution in [0.2, 0.25) is 0 Å². The molecule has 3 N–H and O–H groups in total. The fourth-order valence-corrected chi connectivity index (χ4v) is 5.37. The van der Waals surface area contributed by atoms with Gasteiger partial charge in [0.15, 0.2) is 0 Å². The van der Waals surface area contributed by atoms with Crippen molar-refractivity contribution in [3.63, 3.8) is 0 Å². The average Bonchev–Trinajstić information content (AvgIpc) is 3.43. The van der Waals surface area contributed by atoms with Crippen LogP contribution in [0.5, 0.6) is 0 Å². The molecule has 0 aliphatic heterocycles. The van der Waals surface area contributed by atoms with Crippen LogP contribution in [0.4, 0.5) is 4.79 Å². The Balaban J connectivity index is 1.23. The fourth-order valence-electron chi connectivity index (χ4n) is 5.37. The van der Waals surface area contributed by atoms with Crippen LogP contribution in [0.1, 0.15) is 56.6 Å². The Morgan fingerprint density at radius 3 is 2.23 bits per heavy atom. The number of carboxylic acid groups (broad SMARTS) is 1. The number of fused-ring (bicyclic) bond motifs is 3. The SMILES string of the molecule is CC(C)(CNC(=O)OCC1c2ccccc2-c2ccccc21)CC(=O)NC[C@@H]1CCC[C@@H]1C(=O)O. The number of rotatable bonds is 9. The molecule has 7 nitrogen and oxygen atoms in total. The van der Waals surface area contributed by atoms with Crippen LogP contribution in [-0.2, 0) is 14.3 Å². The average molecular weight is 479 g/mol. The van der Waals surface area contributed by atoms with Crippen molar-refractivity contribution < 1.29 is 24.2 Å². The molecule has 1 fully saturated rings. The number of amides is 2. The van der Waals surface area contributed by atoms with Crippen LogP contribution in [0.15, 0.2) is 48.5 Å². The highest BCUT2D eigenvalue weighted by Gasteiger charge is 2.33. The molecule has 0 spiro atoms. The number of aliphatic carboxylic acids is 1. The molecule has 0 bridgehead atoms. The first-order chi connectivity index (χ1) is 16.7. The van der Waals surface area contributed by atoms with Crippen molar-refractivity contribution in [3.05, 3.63) is 59.7 Å².